The zero-order chi connectivity index (χ0) is 11.1. The minimum absolute atomic E-state index is 0.532. The van der Waals surface area contributed by atoms with E-state index in [1.807, 2.05) is 6.20 Å². The zero-order valence-corrected chi connectivity index (χ0v) is 9.49. The lowest BCUT2D eigenvalue weighted by Crippen LogP contribution is -1.89. The lowest BCUT2D eigenvalue weighted by atomic mass is 9.94. The van der Waals surface area contributed by atoms with Crippen LogP contribution in [0.2, 0.25) is 0 Å². The van der Waals surface area contributed by atoms with Crippen LogP contribution in [0, 0.1) is 0 Å². The van der Waals surface area contributed by atoms with E-state index < -0.39 is 0 Å². The van der Waals surface area contributed by atoms with Crippen molar-refractivity contribution >= 4 is 21.7 Å². The molecule has 2 aromatic carbocycles. The van der Waals surface area contributed by atoms with Crippen LogP contribution in [0.4, 0.5) is 0 Å². The molecule has 0 aliphatic carbocycles. The third-order valence-corrected chi connectivity index (χ3v) is 3.12. The van der Waals surface area contributed by atoms with Gasteiger partial charge in [0.1, 0.15) is 0 Å². The molecule has 0 aliphatic heterocycles. The van der Waals surface area contributed by atoms with E-state index in [2.05, 4.69) is 54.4 Å². The van der Waals surface area contributed by atoms with Crippen LogP contribution in [0.3, 0.4) is 0 Å². The summed E-state index contributed by atoms with van der Waals surface area (Å²) in [5.74, 6) is 0.532. The Labute approximate surface area is 94.3 Å². The molecule has 1 N–H and O–H groups in total. The van der Waals surface area contributed by atoms with E-state index in [4.69, 9.17) is 0 Å². The lowest BCUT2D eigenvalue weighted by Gasteiger charge is -2.10. The van der Waals surface area contributed by atoms with Gasteiger partial charge in [-0.15, -0.1) is 0 Å². The van der Waals surface area contributed by atoms with Crippen LogP contribution >= 0.6 is 0 Å². The van der Waals surface area contributed by atoms with Gasteiger partial charge in [0.05, 0.1) is 11.7 Å². The zero-order valence-electron chi connectivity index (χ0n) is 9.49. The first-order chi connectivity index (χ1) is 7.77. The molecule has 1 aromatic heterocycles. The molecule has 3 aromatic rings. The Morgan fingerprint density at radius 3 is 2.81 bits per heavy atom. The van der Waals surface area contributed by atoms with Crippen molar-refractivity contribution in [3.63, 3.8) is 0 Å². The Bertz CT molecular complexity index is 650. The summed E-state index contributed by atoms with van der Waals surface area (Å²) in [5.41, 5.74) is 2.50. The molecule has 0 unspecified atom stereocenters. The standard InChI is InChI=1S/C14H14N2/c1-9(2)11-5-3-4-10-6-7-13-12(14(10)11)8-15-16-13/h3-9H,1-2H3,(H,15,16). The van der Waals surface area contributed by atoms with Gasteiger partial charge in [0, 0.05) is 5.39 Å². The van der Waals surface area contributed by atoms with Crippen molar-refractivity contribution in [1.29, 1.82) is 0 Å². The van der Waals surface area contributed by atoms with E-state index in [1.54, 1.807) is 0 Å². The van der Waals surface area contributed by atoms with Gasteiger partial charge in [-0.05, 0) is 28.3 Å². The SMILES string of the molecule is CC(C)c1cccc2ccc3[nH]ncc3c12. The molecule has 2 heteroatoms. The minimum atomic E-state index is 0.532. The van der Waals surface area contributed by atoms with Gasteiger partial charge in [-0.2, -0.15) is 5.10 Å². The Balaban J connectivity index is 2.54. The van der Waals surface area contributed by atoms with Crippen LogP contribution < -0.4 is 0 Å². The number of nitrogens with zero attached hydrogens (tertiary/aromatic N) is 1. The molecular formula is C14H14N2. The van der Waals surface area contributed by atoms with E-state index >= 15 is 0 Å². The van der Waals surface area contributed by atoms with E-state index in [1.165, 1.54) is 21.7 Å². The molecule has 0 fully saturated rings. The minimum Gasteiger partial charge on any atom is -0.278 e. The van der Waals surface area contributed by atoms with Crippen molar-refractivity contribution in [2.24, 2.45) is 0 Å². The molecule has 0 radical (unpaired) electrons. The second-order valence-corrected chi connectivity index (χ2v) is 4.50. The summed E-state index contributed by atoms with van der Waals surface area (Å²) in [6.45, 7) is 4.46. The molecule has 3 rings (SSSR count). The first kappa shape index (κ1) is 9.40. The summed E-state index contributed by atoms with van der Waals surface area (Å²) in [5, 5.41) is 11.0. The van der Waals surface area contributed by atoms with E-state index in [-0.39, 0.29) is 0 Å². The lowest BCUT2D eigenvalue weighted by molar-refractivity contribution is 0.877. The number of aromatic nitrogens is 2. The quantitative estimate of drug-likeness (QED) is 0.649. The number of benzene rings is 2. The van der Waals surface area contributed by atoms with E-state index in [9.17, 15) is 0 Å². The topological polar surface area (TPSA) is 28.7 Å². The molecule has 2 nitrogen and oxygen atoms in total. The third kappa shape index (κ3) is 1.23. The number of fused-ring (bicyclic) bond motifs is 3. The maximum absolute atomic E-state index is 4.13. The Morgan fingerprint density at radius 1 is 1.12 bits per heavy atom. The number of nitrogens with one attached hydrogen (secondary N) is 1. The van der Waals surface area contributed by atoms with Crippen molar-refractivity contribution in [2.45, 2.75) is 19.8 Å². The predicted molar refractivity (Wildman–Crippen MR) is 67.7 cm³/mol. The fraction of sp³-hybridized carbons (Fsp3) is 0.214. The number of hydrogen-bond donors (Lipinski definition) is 1. The van der Waals surface area contributed by atoms with Crippen LogP contribution in [-0.2, 0) is 0 Å². The molecule has 16 heavy (non-hydrogen) atoms. The molecule has 80 valence electrons. The van der Waals surface area contributed by atoms with Gasteiger partial charge in [-0.3, -0.25) is 5.10 Å². The van der Waals surface area contributed by atoms with Crippen molar-refractivity contribution in [2.75, 3.05) is 0 Å². The van der Waals surface area contributed by atoms with Gasteiger partial charge in [0.15, 0.2) is 0 Å². The highest BCUT2D eigenvalue weighted by atomic mass is 15.1. The van der Waals surface area contributed by atoms with Gasteiger partial charge in [0.25, 0.3) is 0 Å². The first-order valence-corrected chi connectivity index (χ1v) is 5.62. The van der Waals surface area contributed by atoms with E-state index in [0.717, 1.165) is 5.52 Å². The average molecular weight is 210 g/mol. The summed E-state index contributed by atoms with van der Waals surface area (Å²) >= 11 is 0. The Kier molecular flexibility index (Phi) is 1.96. The number of H-pyrrole nitrogens is 1. The summed E-state index contributed by atoms with van der Waals surface area (Å²) in [6, 6.07) is 10.7. The highest BCUT2D eigenvalue weighted by molar-refractivity contribution is 6.07. The normalized spacial score (nSPS) is 11.7. The van der Waals surface area contributed by atoms with Crippen molar-refractivity contribution < 1.29 is 0 Å². The number of aromatic amines is 1. The summed E-state index contributed by atoms with van der Waals surface area (Å²) < 4.78 is 0. The maximum Gasteiger partial charge on any atom is 0.0656 e. The average Bonchev–Trinajstić information content (AvgIpc) is 2.76. The molecular weight excluding hydrogens is 196 g/mol. The molecule has 1 heterocycles. The second-order valence-electron chi connectivity index (χ2n) is 4.50. The Hall–Kier alpha value is -1.83. The fourth-order valence-electron chi connectivity index (χ4n) is 2.32. The van der Waals surface area contributed by atoms with Crippen LogP contribution in [0.15, 0.2) is 36.5 Å². The van der Waals surface area contributed by atoms with Crippen LogP contribution in [0.1, 0.15) is 25.3 Å². The van der Waals surface area contributed by atoms with Crippen molar-refractivity contribution in [3.8, 4) is 0 Å². The van der Waals surface area contributed by atoms with Gasteiger partial charge < -0.3 is 0 Å². The van der Waals surface area contributed by atoms with Gasteiger partial charge in [0.2, 0.25) is 0 Å². The molecule has 0 amide bonds. The first-order valence-electron chi connectivity index (χ1n) is 5.62. The monoisotopic (exact) mass is 210 g/mol. The van der Waals surface area contributed by atoms with Gasteiger partial charge >= 0.3 is 0 Å². The molecule has 0 atom stereocenters. The highest BCUT2D eigenvalue weighted by Crippen LogP contribution is 2.30. The summed E-state index contributed by atoms with van der Waals surface area (Å²) in [6.07, 6.45) is 1.92. The van der Waals surface area contributed by atoms with Crippen LogP contribution in [0.25, 0.3) is 21.7 Å². The van der Waals surface area contributed by atoms with Gasteiger partial charge in [-0.25, -0.2) is 0 Å². The summed E-state index contributed by atoms with van der Waals surface area (Å²) in [4.78, 5) is 0. The molecule has 0 bridgehead atoms. The highest BCUT2D eigenvalue weighted by Gasteiger charge is 2.08. The van der Waals surface area contributed by atoms with Crippen molar-refractivity contribution in [1.82, 2.24) is 10.2 Å². The van der Waals surface area contributed by atoms with Crippen molar-refractivity contribution in [3.05, 3.63) is 42.1 Å². The van der Waals surface area contributed by atoms with Crippen LogP contribution in [0.5, 0.6) is 0 Å². The third-order valence-electron chi connectivity index (χ3n) is 3.12. The smallest absolute Gasteiger partial charge is 0.0656 e. The predicted octanol–water partition coefficient (Wildman–Crippen LogP) is 3.84. The molecule has 0 saturated carbocycles. The van der Waals surface area contributed by atoms with E-state index in [0.29, 0.717) is 5.92 Å². The summed E-state index contributed by atoms with van der Waals surface area (Å²) in [7, 11) is 0. The molecule has 0 spiro atoms. The second kappa shape index (κ2) is 3.34. The molecule has 0 saturated heterocycles. The maximum atomic E-state index is 4.13. The fourth-order valence-corrected chi connectivity index (χ4v) is 2.32. The largest absolute Gasteiger partial charge is 0.278 e. The number of rotatable bonds is 1. The number of hydrogen-bond acceptors (Lipinski definition) is 1. The Morgan fingerprint density at radius 2 is 2.00 bits per heavy atom. The molecule has 0 aliphatic rings. The van der Waals surface area contributed by atoms with Crippen LogP contribution in [-0.4, -0.2) is 10.2 Å². The van der Waals surface area contributed by atoms with Gasteiger partial charge in [-0.1, -0.05) is 38.1 Å².